The molecule has 0 saturated carbocycles. The van der Waals surface area contributed by atoms with Crippen LogP contribution in [-0.4, -0.2) is 54.5 Å². The van der Waals surface area contributed by atoms with Crippen LogP contribution in [0.2, 0.25) is 0 Å². The monoisotopic (exact) mass is 808 g/mol. The predicted octanol–water partition coefficient (Wildman–Crippen LogP) is 8.31. The first-order valence-corrected chi connectivity index (χ1v) is 21.3. The summed E-state index contributed by atoms with van der Waals surface area (Å²) in [4.78, 5) is 56.3. The molecule has 1 fully saturated rings. The van der Waals surface area contributed by atoms with E-state index in [1.807, 2.05) is 44.2 Å². The molecule has 3 aliphatic rings. The molecule has 4 atom stereocenters. The molecule has 6 rings (SSSR count). The predicted molar refractivity (Wildman–Crippen MR) is 237 cm³/mol. The van der Waals surface area contributed by atoms with Crippen LogP contribution in [0.4, 0.5) is 0 Å². The molecule has 0 N–H and O–H groups in total. The third kappa shape index (κ3) is 9.39. The van der Waals surface area contributed by atoms with Gasteiger partial charge in [0.15, 0.2) is 5.78 Å². The topological polar surface area (TPSA) is 126 Å². The molecular weight excluding hydrogens is 749 g/mol. The number of ketones is 1. The van der Waals surface area contributed by atoms with Crippen LogP contribution < -0.4 is 25.7 Å². The summed E-state index contributed by atoms with van der Waals surface area (Å²) < 4.78 is 11.0. The number of unbranched alkanes of at least 4 members (excludes halogenated alkanes) is 2. The molecule has 10 heteroatoms. The Morgan fingerprint density at radius 3 is 2.32 bits per heavy atom. The van der Waals surface area contributed by atoms with E-state index in [4.69, 9.17) is 29.7 Å². The maximum atomic E-state index is 14.3. The number of allylic oxidation sites excluding steroid dienone is 3. The van der Waals surface area contributed by atoms with Crippen LogP contribution in [0.1, 0.15) is 153 Å². The molecule has 3 aromatic rings. The van der Waals surface area contributed by atoms with Crippen LogP contribution in [0.5, 0.6) is 0 Å². The fourth-order valence-corrected chi connectivity index (χ4v) is 8.99. The minimum absolute atomic E-state index is 0. The number of carbonyl (C=O) groups is 3. The Balaban J connectivity index is 0.00000661. The van der Waals surface area contributed by atoms with Gasteiger partial charge in [0.25, 0.3) is 0 Å². The Labute approximate surface area is 366 Å². The summed E-state index contributed by atoms with van der Waals surface area (Å²) in [7, 11) is 1.29. The zero-order valence-electron chi connectivity index (χ0n) is 36.7. The van der Waals surface area contributed by atoms with Crippen LogP contribution in [0.15, 0.2) is 29.6 Å². The van der Waals surface area contributed by atoms with Crippen molar-refractivity contribution in [3.63, 3.8) is 0 Å². The van der Waals surface area contributed by atoms with E-state index in [1.54, 1.807) is 0 Å². The van der Waals surface area contributed by atoms with Crippen molar-refractivity contribution in [3.8, 4) is 0 Å². The van der Waals surface area contributed by atoms with E-state index in [0.717, 1.165) is 75.2 Å². The average molecular weight is 809 g/mol. The van der Waals surface area contributed by atoms with Crippen molar-refractivity contribution in [2.75, 3.05) is 13.7 Å². The fraction of sp³-hybridized carbons (Fsp3) is 0.490. The van der Waals surface area contributed by atoms with E-state index >= 15 is 0 Å². The van der Waals surface area contributed by atoms with Crippen LogP contribution in [0.25, 0.3) is 35.2 Å². The van der Waals surface area contributed by atoms with Crippen molar-refractivity contribution in [2.24, 2.45) is 23.7 Å². The fourth-order valence-electron chi connectivity index (χ4n) is 8.99. The third-order valence-electron chi connectivity index (χ3n) is 12.6. The molecular formula is C49H60MgN4O5-2. The molecule has 9 nitrogen and oxygen atoms in total. The molecule has 0 aromatic carbocycles. The van der Waals surface area contributed by atoms with Crippen molar-refractivity contribution in [1.29, 1.82) is 0 Å². The number of esters is 2. The van der Waals surface area contributed by atoms with Crippen molar-refractivity contribution < 1.29 is 23.9 Å². The second-order valence-corrected chi connectivity index (χ2v) is 16.6. The molecule has 0 unspecified atom stereocenters. The van der Waals surface area contributed by atoms with E-state index in [0.29, 0.717) is 40.2 Å². The van der Waals surface area contributed by atoms with Crippen molar-refractivity contribution in [2.45, 2.75) is 120 Å². The summed E-state index contributed by atoms with van der Waals surface area (Å²) in [6.45, 7) is 21.1. The van der Waals surface area contributed by atoms with Crippen LogP contribution in [-0.2, 0) is 25.5 Å². The Hall–Kier alpha value is -4.28. The maximum Gasteiger partial charge on any atom is 2.00 e. The van der Waals surface area contributed by atoms with E-state index in [9.17, 15) is 14.4 Å². The Kier molecular flexibility index (Phi) is 15.4. The van der Waals surface area contributed by atoms with E-state index in [2.05, 4.69) is 48.1 Å². The summed E-state index contributed by atoms with van der Waals surface area (Å²) in [6.07, 6.45) is 19.5. The Morgan fingerprint density at radius 2 is 1.63 bits per heavy atom. The van der Waals surface area contributed by atoms with E-state index < -0.39 is 11.9 Å². The molecule has 5 heterocycles. The van der Waals surface area contributed by atoms with Crippen LogP contribution in [0.3, 0.4) is 0 Å². The van der Waals surface area contributed by atoms with Gasteiger partial charge in [-0.3, -0.25) is 14.4 Å². The van der Waals surface area contributed by atoms with Gasteiger partial charge in [-0.15, -0.1) is 33.5 Å². The number of methoxy groups -OCH3 is 1. The Morgan fingerprint density at radius 1 is 0.915 bits per heavy atom. The van der Waals surface area contributed by atoms with Crippen molar-refractivity contribution in [3.05, 3.63) is 102 Å². The summed E-state index contributed by atoms with van der Waals surface area (Å²) >= 11 is 0. The third-order valence-corrected chi connectivity index (χ3v) is 12.6. The Bertz CT molecular complexity index is 2310. The zero-order chi connectivity index (χ0) is 41.8. The van der Waals surface area contributed by atoms with Crippen molar-refractivity contribution >= 4 is 70.7 Å². The average Bonchev–Trinajstić information content (AvgIpc) is 3.94. The number of nitrogens with zero attached hydrogens (tertiary/aromatic N) is 4. The molecule has 8 bridgehead atoms. The largest absolute Gasteiger partial charge is 2.00 e. The SMILES string of the molecule is C=Cc1c2[n-]c(c1C)/C=C1\[N-]/C(=C3\c4[n-]c(c(C)c4C(=O)[C@@H]3C(=O)OC)/C=c3\[n-]/c(c(C)c3CC)=C\2)[C@@H](CCC(=O)OC/C=C(\C)CCC[C@H](C)CCCCC)[C@@H]1C.[Mg+2]. The molecule has 59 heavy (non-hydrogen) atoms. The van der Waals surface area contributed by atoms with Gasteiger partial charge in [0.1, 0.15) is 12.5 Å². The second kappa shape index (κ2) is 19.9. The first-order valence-electron chi connectivity index (χ1n) is 21.3. The van der Waals surface area contributed by atoms with Gasteiger partial charge in [0.05, 0.1) is 7.11 Å². The summed E-state index contributed by atoms with van der Waals surface area (Å²) in [5.74, 6) is -2.30. The van der Waals surface area contributed by atoms with Crippen LogP contribution in [0, 0.1) is 44.4 Å². The molecule has 3 aromatic heterocycles. The number of rotatable bonds is 16. The molecule has 310 valence electrons. The molecule has 1 aliphatic carbocycles. The van der Waals surface area contributed by atoms with Gasteiger partial charge < -0.3 is 29.7 Å². The summed E-state index contributed by atoms with van der Waals surface area (Å²) in [6, 6.07) is 0. The van der Waals surface area contributed by atoms with Gasteiger partial charge in [-0.1, -0.05) is 124 Å². The first kappa shape index (κ1) is 45.8. The van der Waals surface area contributed by atoms with Crippen LogP contribution >= 0.6 is 0 Å². The van der Waals surface area contributed by atoms with Gasteiger partial charge in [-0.25, -0.2) is 0 Å². The van der Waals surface area contributed by atoms with Gasteiger partial charge in [-0.05, 0) is 82.8 Å². The smallest absolute Gasteiger partial charge is 0.664 e. The quantitative estimate of drug-likeness (QED) is 0.0465. The minimum Gasteiger partial charge on any atom is -0.664 e. The number of carbonyl (C=O) groups excluding carboxylic acids is 3. The second-order valence-electron chi connectivity index (χ2n) is 16.6. The van der Waals surface area contributed by atoms with Gasteiger partial charge in [0, 0.05) is 12.0 Å². The number of hydrogen-bond acceptors (Lipinski definition) is 5. The van der Waals surface area contributed by atoms with E-state index in [1.165, 1.54) is 44.8 Å². The standard InChI is InChI=1S/C49H61N4O5.Mg/c1-11-14-15-17-27(4)18-16-19-28(5)22-23-58-42(54)21-20-35-31(8)38-24-36-29(6)33(12-2)40(50-36)25-37-30(7)34(13-3)41(51-37)26-39-32(9)43-47(53-39)44(46(35)52-38)45(48(43)55)49(56)57-10;/h12,22,24-27,31,35,45H,2,11,13-21,23H2,1,3-10H3,(H-,52,53,55);/q-3;+2/p-1/b28-22+,37-25-,38-24-,41-26-;/t27-,31+,35+,45-;/m1./s1. The number of ether oxygens (including phenoxy) is 2. The number of fused-ring (bicyclic) bond motifs is 7. The number of Topliss-reactive ketones (excluding diaryl/α,β-unsaturated/α-hetero) is 1. The zero-order valence-corrected chi connectivity index (χ0v) is 38.1. The maximum absolute atomic E-state index is 14.3. The molecule has 2 aliphatic heterocycles. The molecule has 1 saturated heterocycles. The summed E-state index contributed by atoms with van der Waals surface area (Å²) in [5, 5.41) is 6.81. The minimum atomic E-state index is -1.22. The summed E-state index contributed by atoms with van der Waals surface area (Å²) in [5.41, 5.74) is 10.7. The number of hydrogen-bond donors (Lipinski definition) is 0. The van der Waals surface area contributed by atoms with Gasteiger partial charge >= 0.3 is 35.0 Å². The van der Waals surface area contributed by atoms with E-state index in [-0.39, 0.29) is 59.7 Å². The first-order chi connectivity index (χ1) is 27.8. The normalized spacial score (nSPS) is 22.0. The van der Waals surface area contributed by atoms with Gasteiger partial charge in [-0.2, -0.15) is 11.4 Å². The van der Waals surface area contributed by atoms with Crippen molar-refractivity contribution in [1.82, 2.24) is 15.0 Å². The molecule has 0 radical (unpaired) electrons. The van der Waals surface area contributed by atoms with Gasteiger partial charge in [0.2, 0.25) is 0 Å². The molecule has 0 spiro atoms. The molecule has 0 amide bonds. The number of aromatic nitrogens is 3.